The molecule has 144 valence electrons. The highest BCUT2D eigenvalue weighted by Crippen LogP contribution is 2.29. The van der Waals surface area contributed by atoms with Gasteiger partial charge in [-0.05, 0) is 24.3 Å². The standard InChI is InChI=1S/C20H15N5O3S/c26-18(16-6-3-9-28-16)24-20-23-14-7-8-25(11-17(14)29-20)19(27)15-10-21-12-4-1-2-5-13(12)22-15/h1-6,9-10H,7-8,11H2,(H,23,24,26). The molecule has 0 unspecified atom stereocenters. The maximum absolute atomic E-state index is 12.9. The molecular weight excluding hydrogens is 390 g/mol. The quantitative estimate of drug-likeness (QED) is 0.562. The van der Waals surface area contributed by atoms with Gasteiger partial charge in [0, 0.05) is 17.8 Å². The lowest BCUT2D eigenvalue weighted by Gasteiger charge is -2.25. The highest BCUT2D eigenvalue weighted by Gasteiger charge is 2.26. The Morgan fingerprint density at radius 3 is 2.79 bits per heavy atom. The molecule has 29 heavy (non-hydrogen) atoms. The SMILES string of the molecule is O=C(Nc1nc2c(s1)CN(C(=O)c1cnc3ccccc3n1)CC2)c1ccco1. The van der Waals surface area contributed by atoms with Gasteiger partial charge in [-0.3, -0.25) is 19.9 Å². The Labute approximate surface area is 169 Å². The fraction of sp³-hybridized carbons (Fsp3) is 0.150. The van der Waals surface area contributed by atoms with Crippen LogP contribution in [0.5, 0.6) is 0 Å². The summed E-state index contributed by atoms with van der Waals surface area (Å²) in [4.78, 5) is 41.0. The molecule has 1 aliphatic heterocycles. The van der Waals surface area contributed by atoms with Crippen LogP contribution in [0.25, 0.3) is 11.0 Å². The molecule has 0 saturated carbocycles. The molecule has 0 aliphatic carbocycles. The summed E-state index contributed by atoms with van der Waals surface area (Å²) in [5, 5.41) is 3.24. The molecule has 2 amide bonds. The first-order valence-electron chi connectivity index (χ1n) is 9.02. The molecule has 8 nitrogen and oxygen atoms in total. The highest BCUT2D eigenvalue weighted by atomic mass is 32.1. The second-order valence-corrected chi connectivity index (χ2v) is 7.62. The Morgan fingerprint density at radius 2 is 1.97 bits per heavy atom. The normalized spacial score (nSPS) is 13.3. The van der Waals surface area contributed by atoms with Crippen molar-refractivity contribution in [1.82, 2.24) is 19.9 Å². The van der Waals surface area contributed by atoms with Crippen LogP contribution in [0.15, 0.2) is 53.3 Å². The first kappa shape index (κ1) is 17.5. The smallest absolute Gasteiger partial charge is 0.293 e. The summed E-state index contributed by atoms with van der Waals surface area (Å²) in [7, 11) is 0. The van der Waals surface area contributed by atoms with Crippen LogP contribution >= 0.6 is 11.3 Å². The van der Waals surface area contributed by atoms with Gasteiger partial charge in [0.15, 0.2) is 10.9 Å². The van der Waals surface area contributed by atoms with E-state index in [0.29, 0.717) is 35.9 Å². The minimum atomic E-state index is -0.347. The summed E-state index contributed by atoms with van der Waals surface area (Å²) < 4.78 is 5.10. The molecule has 0 saturated heterocycles. The zero-order chi connectivity index (χ0) is 19.8. The van der Waals surface area contributed by atoms with E-state index in [2.05, 4.69) is 20.3 Å². The molecule has 0 bridgehead atoms. The van der Waals surface area contributed by atoms with E-state index in [9.17, 15) is 9.59 Å². The lowest BCUT2D eigenvalue weighted by atomic mass is 10.1. The number of carbonyl (C=O) groups excluding carboxylic acids is 2. The number of aromatic nitrogens is 3. The predicted molar refractivity (Wildman–Crippen MR) is 107 cm³/mol. The minimum Gasteiger partial charge on any atom is -0.459 e. The third-order valence-corrected chi connectivity index (χ3v) is 5.65. The molecule has 4 aromatic rings. The lowest BCUT2D eigenvalue weighted by Crippen LogP contribution is -2.36. The summed E-state index contributed by atoms with van der Waals surface area (Å²) in [5.74, 6) is -0.284. The van der Waals surface area contributed by atoms with Crippen LogP contribution in [0.3, 0.4) is 0 Å². The molecule has 0 spiro atoms. The van der Waals surface area contributed by atoms with Crippen molar-refractivity contribution in [3.8, 4) is 0 Å². The van der Waals surface area contributed by atoms with Crippen molar-refractivity contribution in [2.75, 3.05) is 11.9 Å². The maximum Gasteiger partial charge on any atom is 0.293 e. The van der Waals surface area contributed by atoms with Gasteiger partial charge in [-0.15, -0.1) is 0 Å². The van der Waals surface area contributed by atoms with Crippen LogP contribution in [-0.2, 0) is 13.0 Å². The molecule has 0 atom stereocenters. The van der Waals surface area contributed by atoms with Gasteiger partial charge in [0.1, 0.15) is 5.69 Å². The number of thiazole rings is 1. The third kappa shape index (κ3) is 3.36. The zero-order valence-electron chi connectivity index (χ0n) is 15.2. The predicted octanol–water partition coefficient (Wildman–Crippen LogP) is 3.13. The van der Waals surface area contributed by atoms with Crippen molar-refractivity contribution in [2.24, 2.45) is 0 Å². The van der Waals surface area contributed by atoms with Crippen molar-refractivity contribution in [1.29, 1.82) is 0 Å². The summed E-state index contributed by atoms with van der Waals surface area (Å²) in [6, 6.07) is 10.7. The van der Waals surface area contributed by atoms with Gasteiger partial charge in [0.05, 0.1) is 35.7 Å². The van der Waals surface area contributed by atoms with Gasteiger partial charge in [0.25, 0.3) is 11.8 Å². The van der Waals surface area contributed by atoms with Crippen molar-refractivity contribution in [2.45, 2.75) is 13.0 Å². The van der Waals surface area contributed by atoms with Crippen molar-refractivity contribution >= 4 is 39.3 Å². The van der Waals surface area contributed by atoms with Crippen molar-refractivity contribution in [3.05, 3.63) is 70.9 Å². The van der Waals surface area contributed by atoms with E-state index < -0.39 is 0 Å². The van der Waals surface area contributed by atoms with Crippen LogP contribution in [0.2, 0.25) is 0 Å². The van der Waals surface area contributed by atoms with E-state index in [0.717, 1.165) is 16.1 Å². The van der Waals surface area contributed by atoms with Gasteiger partial charge in [-0.2, -0.15) is 0 Å². The highest BCUT2D eigenvalue weighted by molar-refractivity contribution is 7.15. The number of furan rings is 1. The van der Waals surface area contributed by atoms with E-state index >= 15 is 0 Å². The maximum atomic E-state index is 12.9. The van der Waals surface area contributed by atoms with E-state index in [1.807, 2.05) is 24.3 Å². The number of carbonyl (C=O) groups is 2. The van der Waals surface area contributed by atoms with Gasteiger partial charge in [-0.25, -0.2) is 9.97 Å². The number of benzene rings is 1. The average Bonchev–Trinajstić information content (AvgIpc) is 3.42. The Bertz CT molecular complexity index is 1220. The molecule has 9 heteroatoms. The van der Waals surface area contributed by atoms with Crippen LogP contribution in [0, 0.1) is 0 Å². The number of rotatable bonds is 3. The second kappa shape index (κ2) is 7.10. The number of amides is 2. The van der Waals surface area contributed by atoms with E-state index in [-0.39, 0.29) is 17.6 Å². The number of anilines is 1. The topological polar surface area (TPSA) is 101 Å². The van der Waals surface area contributed by atoms with Crippen LogP contribution < -0.4 is 5.32 Å². The fourth-order valence-corrected chi connectivity index (χ4v) is 4.23. The van der Waals surface area contributed by atoms with Crippen molar-refractivity contribution in [3.63, 3.8) is 0 Å². The van der Waals surface area contributed by atoms with E-state index in [1.54, 1.807) is 17.0 Å². The van der Waals surface area contributed by atoms with E-state index in [4.69, 9.17) is 4.42 Å². The Balaban J connectivity index is 1.33. The first-order valence-corrected chi connectivity index (χ1v) is 9.83. The number of nitrogens with zero attached hydrogens (tertiary/aromatic N) is 4. The summed E-state index contributed by atoms with van der Waals surface area (Å²) in [5.41, 5.74) is 2.67. The van der Waals surface area contributed by atoms with Crippen LogP contribution in [0.1, 0.15) is 31.6 Å². The first-order chi connectivity index (χ1) is 14.2. The van der Waals surface area contributed by atoms with Crippen molar-refractivity contribution < 1.29 is 14.0 Å². The molecule has 3 aromatic heterocycles. The summed E-state index contributed by atoms with van der Waals surface area (Å²) in [6.45, 7) is 0.965. The fourth-order valence-electron chi connectivity index (χ4n) is 3.21. The Hall–Kier alpha value is -3.59. The second-order valence-electron chi connectivity index (χ2n) is 6.54. The van der Waals surface area contributed by atoms with Gasteiger partial charge < -0.3 is 9.32 Å². The molecule has 1 N–H and O–H groups in total. The lowest BCUT2D eigenvalue weighted by molar-refractivity contribution is 0.0730. The molecule has 1 aromatic carbocycles. The molecule has 1 aliphatic rings. The molecular formula is C20H15N5O3S. The van der Waals surface area contributed by atoms with Gasteiger partial charge in [0.2, 0.25) is 0 Å². The average molecular weight is 405 g/mol. The number of para-hydroxylation sites is 2. The molecule has 0 fully saturated rings. The Kier molecular flexibility index (Phi) is 4.28. The van der Waals surface area contributed by atoms with Crippen LogP contribution in [-0.4, -0.2) is 38.2 Å². The number of fused-ring (bicyclic) bond motifs is 2. The third-order valence-electron chi connectivity index (χ3n) is 4.65. The number of nitrogens with one attached hydrogen (secondary N) is 1. The number of hydrogen-bond donors (Lipinski definition) is 1. The van der Waals surface area contributed by atoms with Gasteiger partial charge in [-0.1, -0.05) is 23.5 Å². The summed E-state index contributed by atoms with van der Waals surface area (Å²) in [6.07, 6.45) is 3.58. The summed E-state index contributed by atoms with van der Waals surface area (Å²) >= 11 is 1.37. The largest absolute Gasteiger partial charge is 0.459 e. The minimum absolute atomic E-state index is 0.163. The molecule has 4 heterocycles. The number of hydrogen-bond acceptors (Lipinski definition) is 7. The molecule has 0 radical (unpaired) electrons. The monoisotopic (exact) mass is 405 g/mol. The molecule has 5 rings (SSSR count). The van der Waals surface area contributed by atoms with Crippen LogP contribution in [0.4, 0.5) is 5.13 Å². The van der Waals surface area contributed by atoms with Gasteiger partial charge >= 0.3 is 0 Å². The zero-order valence-corrected chi connectivity index (χ0v) is 16.0. The Morgan fingerprint density at radius 1 is 1.10 bits per heavy atom. The van der Waals surface area contributed by atoms with E-state index in [1.165, 1.54) is 23.8 Å².